The highest BCUT2D eigenvalue weighted by Gasteiger charge is 2.25. The van der Waals surface area contributed by atoms with Crippen molar-refractivity contribution in [3.8, 4) is 0 Å². The average Bonchev–Trinajstić information content (AvgIpc) is 2.34. The molecule has 100 valence electrons. The quantitative estimate of drug-likeness (QED) is 0.589. The van der Waals surface area contributed by atoms with Crippen molar-refractivity contribution in [2.45, 2.75) is 19.4 Å². The van der Waals surface area contributed by atoms with Crippen molar-refractivity contribution in [2.24, 2.45) is 0 Å². The van der Waals surface area contributed by atoms with Crippen LogP contribution in [-0.2, 0) is 0 Å². The second-order valence-corrected chi connectivity index (χ2v) is 4.90. The second-order valence-electron chi connectivity index (χ2n) is 3.99. The summed E-state index contributed by atoms with van der Waals surface area (Å²) in [5.74, 6) is 0.0593. The van der Waals surface area contributed by atoms with Crippen molar-refractivity contribution in [1.82, 2.24) is 0 Å². The Labute approximate surface area is 110 Å². The maximum Gasteiger partial charge on any atom is 0.327 e. The van der Waals surface area contributed by atoms with E-state index in [0.717, 1.165) is 18.2 Å². The van der Waals surface area contributed by atoms with Crippen LogP contribution in [0.1, 0.15) is 13.3 Å². The van der Waals surface area contributed by atoms with Gasteiger partial charge in [0, 0.05) is 18.8 Å². The molecule has 0 heterocycles. The summed E-state index contributed by atoms with van der Waals surface area (Å²) in [5.41, 5.74) is -0.111. The van der Waals surface area contributed by atoms with Gasteiger partial charge in [-0.05, 0) is 24.8 Å². The summed E-state index contributed by atoms with van der Waals surface area (Å²) in [4.78, 5) is 12.1. The first-order chi connectivity index (χ1) is 8.52. The standard InChI is InChI=1S/C12H17FN2O2S/c1-4-9(8-18-3)14(2)11-7-5-6-10(13)12(11)15(16)17/h5-7,9H,4,8H2,1-3H3. The predicted molar refractivity (Wildman–Crippen MR) is 73.9 cm³/mol. The molecule has 1 atom stereocenters. The lowest BCUT2D eigenvalue weighted by Gasteiger charge is -2.28. The highest BCUT2D eigenvalue weighted by molar-refractivity contribution is 7.98. The summed E-state index contributed by atoms with van der Waals surface area (Å²) < 4.78 is 13.5. The maximum atomic E-state index is 13.5. The van der Waals surface area contributed by atoms with Gasteiger partial charge in [0.1, 0.15) is 5.69 Å². The van der Waals surface area contributed by atoms with Crippen LogP contribution in [0.4, 0.5) is 15.8 Å². The second kappa shape index (κ2) is 6.58. The zero-order chi connectivity index (χ0) is 13.7. The van der Waals surface area contributed by atoms with E-state index in [-0.39, 0.29) is 6.04 Å². The molecule has 0 saturated heterocycles. The van der Waals surface area contributed by atoms with Gasteiger partial charge < -0.3 is 4.90 Å². The highest BCUT2D eigenvalue weighted by Crippen LogP contribution is 2.31. The normalized spacial score (nSPS) is 12.2. The highest BCUT2D eigenvalue weighted by atomic mass is 32.2. The Morgan fingerprint density at radius 2 is 2.22 bits per heavy atom. The number of nitro groups is 1. The summed E-state index contributed by atoms with van der Waals surface area (Å²) in [7, 11) is 1.77. The fourth-order valence-electron chi connectivity index (χ4n) is 1.86. The number of para-hydroxylation sites is 1. The molecule has 0 aliphatic rings. The molecule has 0 aliphatic carbocycles. The third-order valence-electron chi connectivity index (χ3n) is 2.91. The summed E-state index contributed by atoms with van der Waals surface area (Å²) in [6.07, 6.45) is 2.83. The van der Waals surface area contributed by atoms with Crippen LogP contribution in [0.3, 0.4) is 0 Å². The van der Waals surface area contributed by atoms with E-state index >= 15 is 0 Å². The largest absolute Gasteiger partial charge is 0.365 e. The van der Waals surface area contributed by atoms with E-state index in [1.54, 1.807) is 29.8 Å². The van der Waals surface area contributed by atoms with Gasteiger partial charge in [-0.15, -0.1) is 0 Å². The minimum Gasteiger partial charge on any atom is -0.365 e. The third-order valence-corrected chi connectivity index (χ3v) is 3.62. The number of hydrogen-bond donors (Lipinski definition) is 0. The molecule has 1 aromatic carbocycles. The minimum absolute atomic E-state index is 0.153. The number of hydrogen-bond acceptors (Lipinski definition) is 4. The molecule has 0 saturated carbocycles. The molecule has 0 fully saturated rings. The Kier molecular flexibility index (Phi) is 5.40. The monoisotopic (exact) mass is 272 g/mol. The zero-order valence-corrected chi connectivity index (χ0v) is 11.5. The number of nitrogens with zero attached hydrogens (tertiary/aromatic N) is 2. The van der Waals surface area contributed by atoms with Crippen LogP contribution in [0.5, 0.6) is 0 Å². The summed E-state index contributed by atoms with van der Waals surface area (Å²) in [5, 5.41) is 10.9. The lowest BCUT2D eigenvalue weighted by Crippen LogP contribution is -2.33. The van der Waals surface area contributed by atoms with Gasteiger partial charge >= 0.3 is 5.69 Å². The molecule has 1 unspecified atom stereocenters. The molecule has 0 aromatic heterocycles. The average molecular weight is 272 g/mol. The molecule has 1 rings (SSSR count). The Hall–Kier alpha value is -1.30. The van der Waals surface area contributed by atoms with Gasteiger partial charge in [-0.1, -0.05) is 13.0 Å². The number of anilines is 1. The Morgan fingerprint density at radius 3 is 2.72 bits per heavy atom. The van der Waals surface area contributed by atoms with Crippen molar-refractivity contribution < 1.29 is 9.31 Å². The zero-order valence-electron chi connectivity index (χ0n) is 10.7. The molecule has 6 heteroatoms. The van der Waals surface area contributed by atoms with Crippen LogP contribution in [-0.4, -0.2) is 30.0 Å². The number of nitro benzene ring substituents is 1. The van der Waals surface area contributed by atoms with Crippen LogP contribution < -0.4 is 4.90 Å². The van der Waals surface area contributed by atoms with E-state index in [1.807, 2.05) is 13.2 Å². The molecule has 0 N–H and O–H groups in total. The van der Waals surface area contributed by atoms with Crippen LogP contribution in [0, 0.1) is 15.9 Å². The van der Waals surface area contributed by atoms with E-state index in [0.29, 0.717) is 5.69 Å². The fourth-order valence-corrected chi connectivity index (χ4v) is 2.71. The molecule has 0 radical (unpaired) electrons. The van der Waals surface area contributed by atoms with E-state index in [9.17, 15) is 14.5 Å². The molecule has 0 amide bonds. The van der Waals surface area contributed by atoms with Crippen LogP contribution in [0.2, 0.25) is 0 Å². The van der Waals surface area contributed by atoms with E-state index < -0.39 is 16.4 Å². The van der Waals surface area contributed by atoms with Crippen molar-refractivity contribution >= 4 is 23.1 Å². The van der Waals surface area contributed by atoms with Gasteiger partial charge in [0.25, 0.3) is 0 Å². The predicted octanol–water partition coefficient (Wildman–Crippen LogP) is 3.31. The van der Waals surface area contributed by atoms with E-state index in [4.69, 9.17) is 0 Å². The van der Waals surface area contributed by atoms with E-state index in [2.05, 4.69) is 0 Å². The molecule has 18 heavy (non-hydrogen) atoms. The Balaban J connectivity index is 3.15. The first-order valence-electron chi connectivity index (χ1n) is 5.67. The van der Waals surface area contributed by atoms with Crippen molar-refractivity contribution in [3.05, 3.63) is 34.1 Å². The molecular formula is C12H17FN2O2S. The first-order valence-corrected chi connectivity index (χ1v) is 7.07. The van der Waals surface area contributed by atoms with Crippen molar-refractivity contribution in [2.75, 3.05) is 24.0 Å². The van der Waals surface area contributed by atoms with E-state index in [1.165, 1.54) is 6.07 Å². The number of rotatable bonds is 6. The first kappa shape index (κ1) is 14.8. The molecule has 0 aliphatic heterocycles. The van der Waals surface area contributed by atoms with Crippen LogP contribution in [0.15, 0.2) is 18.2 Å². The van der Waals surface area contributed by atoms with Gasteiger partial charge in [0.15, 0.2) is 0 Å². The van der Waals surface area contributed by atoms with Crippen LogP contribution in [0.25, 0.3) is 0 Å². The molecule has 0 spiro atoms. The summed E-state index contributed by atoms with van der Waals surface area (Å²) >= 11 is 1.67. The maximum absolute atomic E-state index is 13.5. The van der Waals surface area contributed by atoms with Crippen molar-refractivity contribution in [3.63, 3.8) is 0 Å². The van der Waals surface area contributed by atoms with Gasteiger partial charge in [-0.2, -0.15) is 16.2 Å². The minimum atomic E-state index is -0.789. The van der Waals surface area contributed by atoms with Gasteiger partial charge in [0.2, 0.25) is 5.82 Å². The number of benzene rings is 1. The Bertz CT molecular complexity index is 429. The fraction of sp³-hybridized carbons (Fsp3) is 0.500. The van der Waals surface area contributed by atoms with Gasteiger partial charge in [-0.3, -0.25) is 10.1 Å². The van der Waals surface area contributed by atoms with Crippen LogP contribution >= 0.6 is 11.8 Å². The smallest absolute Gasteiger partial charge is 0.327 e. The Morgan fingerprint density at radius 1 is 1.56 bits per heavy atom. The molecule has 0 bridgehead atoms. The third kappa shape index (κ3) is 3.13. The van der Waals surface area contributed by atoms with Gasteiger partial charge in [-0.25, -0.2) is 0 Å². The lowest BCUT2D eigenvalue weighted by atomic mass is 10.1. The van der Waals surface area contributed by atoms with Crippen molar-refractivity contribution in [1.29, 1.82) is 0 Å². The van der Waals surface area contributed by atoms with Gasteiger partial charge in [0.05, 0.1) is 4.92 Å². The molecule has 1 aromatic rings. The number of thioether (sulfide) groups is 1. The molecular weight excluding hydrogens is 255 g/mol. The SMILES string of the molecule is CCC(CSC)N(C)c1cccc(F)c1[N+](=O)[O-]. The molecule has 4 nitrogen and oxygen atoms in total. The lowest BCUT2D eigenvalue weighted by molar-refractivity contribution is -0.386. The number of halogens is 1. The summed E-state index contributed by atoms with van der Waals surface area (Å²) in [6, 6.07) is 4.36. The summed E-state index contributed by atoms with van der Waals surface area (Å²) in [6.45, 7) is 2.02. The topological polar surface area (TPSA) is 46.4 Å².